The van der Waals surface area contributed by atoms with E-state index in [4.69, 9.17) is 0 Å². The van der Waals surface area contributed by atoms with Crippen LogP contribution in [-0.2, 0) is 0 Å². The Hall–Kier alpha value is -3.06. The molecule has 0 bridgehead atoms. The van der Waals surface area contributed by atoms with E-state index in [0.29, 0.717) is 5.56 Å². The Morgan fingerprint density at radius 1 is 1.14 bits per heavy atom. The molecular weight excluding hydrogens is 370 g/mol. The van der Waals surface area contributed by atoms with Crippen molar-refractivity contribution >= 4 is 27.3 Å². The summed E-state index contributed by atoms with van der Waals surface area (Å²) in [5.41, 5.74) is 3.51. The zero-order chi connectivity index (χ0) is 18.9. The van der Waals surface area contributed by atoms with Crippen molar-refractivity contribution in [2.75, 3.05) is 0 Å². The number of rotatable bonds is 4. The Labute approximate surface area is 166 Å². The van der Waals surface area contributed by atoms with Gasteiger partial charge in [0.25, 0.3) is 5.91 Å². The number of nitrogens with zero attached hydrogens (tertiary/aromatic N) is 4. The Balaban J connectivity index is 1.60. The van der Waals surface area contributed by atoms with E-state index in [1.165, 1.54) is 22.9 Å². The lowest BCUT2D eigenvalue weighted by Crippen LogP contribution is -2.32. The monoisotopic (exact) mass is 389 g/mol. The van der Waals surface area contributed by atoms with Gasteiger partial charge < -0.3 is 5.32 Å². The van der Waals surface area contributed by atoms with Crippen molar-refractivity contribution in [3.8, 4) is 16.8 Å². The van der Waals surface area contributed by atoms with Crippen LogP contribution in [0.1, 0.15) is 36.0 Å². The van der Waals surface area contributed by atoms with E-state index in [0.717, 1.165) is 29.7 Å². The molecule has 5 rings (SSSR count). The van der Waals surface area contributed by atoms with Gasteiger partial charge in [0, 0.05) is 27.3 Å². The molecule has 0 radical (unpaired) electrons. The minimum absolute atomic E-state index is 0.0393. The van der Waals surface area contributed by atoms with Crippen LogP contribution < -0.4 is 5.32 Å². The zero-order valence-corrected chi connectivity index (χ0v) is 16.0. The molecule has 2 aromatic carbocycles. The van der Waals surface area contributed by atoms with E-state index < -0.39 is 0 Å². The first kappa shape index (κ1) is 17.1. The van der Waals surface area contributed by atoms with Crippen LogP contribution in [0.5, 0.6) is 0 Å². The van der Waals surface area contributed by atoms with Gasteiger partial charge in [-0.1, -0.05) is 31.0 Å². The third kappa shape index (κ3) is 3.18. The second-order valence-corrected chi connectivity index (χ2v) is 8.03. The molecule has 4 aromatic rings. The summed E-state index contributed by atoms with van der Waals surface area (Å²) in [5, 5.41) is 18.0. The van der Waals surface area contributed by atoms with Gasteiger partial charge in [0.15, 0.2) is 0 Å². The number of nitrogens with one attached hydrogen (secondary N) is 1. The Morgan fingerprint density at radius 2 is 2.00 bits per heavy atom. The Kier molecular flexibility index (Phi) is 4.37. The van der Waals surface area contributed by atoms with E-state index in [9.17, 15) is 4.79 Å². The summed E-state index contributed by atoms with van der Waals surface area (Å²) in [5.74, 6) is -0.0393. The van der Waals surface area contributed by atoms with Crippen LogP contribution in [0.4, 0.5) is 0 Å². The largest absolute Gasteiger partial charge is 0.349 e. The van der Waals surface area contributed by atoms with E-state index in [1.54, 1.807) is 22.3 Å². The topological polar surface area (TPSA) is 72.7 Å². The second-order valence-electron chi connectivity index (χ2n) is 7.12. The minimum atomic E-state index is -0.0393. The van der Waals surface area contributed by atoms with E-state index >= 15 is 0 Å². The highest BCUT2D eigenvalue weighted by Gasteiger charge is 2.19. The van der Waals surface area contributed by atoms with Crippen molar-refractivity contribution in [3.05, 3.63) is 59.7 Å². The summed E-state index contributed by atoms with van der Waals surface area (Å²) < 4.78 is 2.81. The number of hydrogen-bond donors (Lipinski definition) is 1. The first-order chi connectivity index (χ1) is 13.8. The molecule has 0 spiro atoms. The molecule has 0 atom stereocenters. The van der Waals surface area contributed by atoms with Gasteiger partial charge in [0.1, 0.15) is 6.33 Å². The predicted molar refractivity (Wildman–Crippen MR) is 110 cm³/mol. The molecule has 2 aromatic heterocycles. The Bertz CT molecular complexity index is 1130. The van der Waals surface area contributed by atoms with Crippen molar-refractivity contribution in [2.24, 2.45) is 0 Å². The number of fused-ring (bicyclic) bond motifs is 1. The van der Waals surface area contributed by atoms with Gasteiger partial charge in [0.05, 0.1) is 5.69 Å². The van der Waals surface area contributed by atoms with Crippen LogP contribution in [0.25, 0.3) is 26.9 Å². The molecule has 0 unspecified atom stereocenters. The molecule has 1 saturated carbocycles. The first-order valence-electron chi connectivity index (χ1n) is 9.44. The van der Waals surface area contributed by atoms with E-state index in [2.05, 4.69) is 38.4 Å². The number of aromatic nitrogens is 4. The molecule has 6 nitrogen and oxygen atoms in total. The number of hydrogen-bond acceptors (Lipinski definition) is 5. The lowest BCUT2D eigenvalue weighted by molar-refractivity contribution is 0.0938. The molecule has 140 valence electrons. The summed E-state index contributed by atoms with van der Waals surface area (Å²) >= 11 is 1.70. The van der Waals surface area contributed by atoms with Gasteiger partial charge in [-0.2, -0.15) is 0 Å². The maximum atomic E-state index is 12.9. The highest BCUT2D eigenvalue weighted by atomic mass is 32.1. The average molecular weight is 389 g/mol. The number of thiophene rings is 1. The summed E-state index contributed by atoms with van der Waals surface area (Å²) in [7, 11) is 0. The molecule has 2 heterocycles. The molecule has 1 aliphatic rings. The standard InChI is InChI=1S/C21H19N5OS/c27-21(23-16-5-1-2-6-16)15-9-14(10-17(11-15)26-13-22-24-25-26)19-12-28-20-8-4-3-7-18(19)20/h3-4,7-13,16H,1-2,5-6H2,(H,23,27). The van der Waals surface area contributed by atoms with Gasteiger partial charge in [-0.3, -0.25) is 4.79 Å². The lowest BCUT2D eigenvalue weighted by atomic mass is 10.0. The van der Waals surface area contributed by atoms with Gasteiger partial charge >= 0.3 is 0 Å². The molecule has 1 fully saturated rings. The highest BCUT2D eigenvalue weighted by Crippen LogP contribution is 2.35. The summed E-state index contributed by atoms with van der Waals surface area (Å²) in [4.78, 5) is 12.9. The predicted octanol–water partition coefficient (Wildman–Crippen LogP) is 4.22. The molecule has 1 N–H and O–H groups in total. The minimum Gasteiger partial charge on any atom is -0.349 e. The fourth-order valence-electron chi connectivity index (χ4n) is 3.85. The van der Waals surface area contributed by atoms with Crippen molar-refractivity contribution in [1.29, 1.82) is 0 Å². The van der Waals surface area contributed by atoms with Gasteiger partial charge in [-0.25, -0.2) is 4.68 Å². The van der Waals surface area contributed by atoms with Crippen LogP contribution in [0.2, 0.25) is 0 Å². The smallest absolute Gasteiger partial charge is 0.251 e. The van der Waals surface area contributed by atoms with E-state index in [-0.39, 0.29) is 11.9 Å². The summed E-state index contributed by atoms with van der Waals surface area (Å²) in [6.07, 6.45) is 6.02. The van der Waals surface area contributed by atoms with E-state index in [1.807, 2.05) is 30.3 Å². The maximum absolute atomic E-state index is 12.9. The van der Waals surface area contributed by atoms with Gasteiger partial charge in [-0.05, 0) is 58.5 Å². The van der Waals surface area contributed by atoms with Crippen LogP contribution >= 0.6 is 11.3 Å². The molecule has 0 saturated heterocycles. The van der Waals surface area contributed by atoms with Crippen LogP contribution in [-0.4, -0.2) is 32.2 Å². The number of carbonyl (C=O) groups excluding carboxylic acids is 1. The van der Waals surface area contributed by atoms with Crippen molar-refractivity contribution < 1.29 is 4.79 Å². The van der Waals surface area contributed by atoms with Crippen LogP contribution in [0.15, 0.2) is 54.2 Å². The summed E-state index contributed by atoms with van der Waals surface area (Å²) in [6, 6.07) is 14.4. The third-order valence-corrected chi connectivity index (χ3v) is 6.24. The fourth-order valence-corrected chi connectivity index (χ4v) is 4.82. The SMILES string of the molecule is O=C(NC1CCCC1)c1cc(-c2csc3ccccc23)cc(-n2cnnn2)c1. The molecule has 28 heavy (non-hydrogen) atoms. The van der Waals surface area contributed by atoms with Crippen LogP contribution in [0, 0.1) is 0 Å². The number of tetrazole rings is 1. The fraction of sp³-hybridized carbons (Fsp3) is 0.238. The maximum Gasteiger partial charge on any atom is 0.251 e. The molecule has 1 aliphatic carbocycles. The lowest BCUT2D eigenvalue weighted by Gasteiger charge is -2.14. The first-order valence-corrected chi connectivity index (χ1v) is 10.3. The quantitative estimate of drug-likeness (QED) is 0.567. The zero-order valence-electron chi connectivity index (χ0n) is 15.2. The van der Waals surface area contributed by atoms with Gasteiger partial charge in [-0.15, -0.1) is 16.4 Å². The van der Waals surface area contributed by atoms with Crippen molar-refractivity contribution in [1.82, 2.24) is 25.5 Å². The molecule has 7 heteroatoms. The Morgan fingerprint density at radius 3 is 2.82 bits per heavy atom. The molecule has 0 aliphatic heterocycles. The number of amides is 1. The van der Waals surface area contributed by atoms with Crippen molar-refractivity contribution in [2.45, 2.75) is 31.7 Å². The summed E-state index contributed by atoms with van der Waals surface area (Å²) in [6.45, 7) is 0. The number of benzene rings is 2. The second kappa shape index (κ2) is 7.16. The molecule has 1 amide bonds. The highest BCUT2D eigenvalue weighted by molar-refractivity contribution is 7.17. The molecular formula is C21H19N5OS. The van der Waals surface area contributed by atoms with Crippen LogP contribution in [0.3, 0.4) is 0 Å². The normalized spacial score (nSPS) is 14.6. The number of carbonyl (C=O) groups is 1. The van der Waals surface area contributed by atoms with Gasteiger partial charge in [0.2, 0.25) is 0 Å². The third-order valence-electron chi connectivity index (χ3n) is 5.28. The average Bonchev–Trinajstić information content (AvgIpc) is 3.48. The van der Waals surface area contributed by atoms with Crippen molar-refractivity contribution in [3.63, 3.8) is 0 Å².